The number of fused-ring (bicyclic) bond motifs is 4. The number of hydrogen-bond donors (Lipinski definition) is 16. The van der Waals surface area contributed by atoms with Gasteiger partial charge in [0, 0.05) is 169 Å². The minimum absolute atomic E-state index is 0.0655. The Kier molecular flexibility index (Phi) is 50.3. The van der Waals surface area contributed by atoms with E-state index in [1.165, 1.54) is 19.6 Å². The van der Waals surface area contributed by atoms with Crippen LogP contribution in [0, 0.1) is 0 Å². The molecule has 36 heteroatoms. The van der Waals surface area contributed by atoms with Crippen molar-refractivity contribution in [1.82, 2.24) is 60.8 Å². The number of pyridine rings is 4. The van der Waals surface area contributed by atoms with E-state index < -0.39 is 72.0 Å². The Hall–Kier alpha value is -14.6. The number of hydrogen-bond acceptors (Lipinski definition) is 28. The number of carbonyl (C=O) groups excluding carboxylic acids is 12. The molecule has 0 bridgehead atoms. The van der Waals surface area contributed by atoms with Gasteiger partial charge >= 0.3 is 0 Å². The third-order valence-electron chi connectivity index (χ3n) is 24.8. The first-order chi connectivity index (χ1) is 71.6. The maximum absolute atomic E-state index is 13.4. The van der Waals surface area contributed by atoms with Crippen molar-refractivity contribution in [2.75, 3.05) is 105 Å². The number of rotatable bonds is 56. The molecule has 12 rings (SSSR count). The lowest BCUT2D eigenvalue weighted by molar-refractivity contribution is -0.135. The number of Topliss-reactive ketones (excluding diaryl/α,β-unsaturated/α-hetero) is 4. The molecule has 784 valence electrons. The molecule has 0 spiro atoms. The van der Waals surface area contributed by atoms with Crippen LogP contribution >= 0.6 is 0 Å². The summed E-state index contributed by atoms with van der Waals surface area (Å²) < 4.78 is 0. The summed E-state index contributed by atoms with van der Waals surface area (Å²) in [6.45, 7) is 4.96. The molecular weight excluding hydrogens is 1870 g/mol. The number of ketones is 4. The summed E-state index contributed by atoms with van der Waals surface area (Å²) in [5.41, 5.74) is 76.7. The van der Waals surface area contributed by atoms with Crippen molar-refractivity contribution in [3.8, 4) is 0 Å². The number of nitrogens with zero attached hydrogens (tertiary/aromatic N) is 8. The molecule has 0 aliphatic rings. The zero-order valence-corrected chi connectivity index (χ0v) is 84.1. The second kappa shape index (κ2) is 63.7. The van der Waals surface area contributed by atoms with Crippen LogP contribution in [0.15, 0.2) is 267 Å². The number of amides is 8. The summed E-state index contributed by atoms with van der Waals surface area (Å²) in [6, 6.07) is 69.9. The van der Waals surface area contributed by atoms with E-state index in [9.17, 15) is 57.5 Å². The number of aryl methyl sites for hydroxylation is 4. The van der Waals surface area contributed by atoms with Crippen LogP contribution in [-0.2, 0) is 109 Å². The van der Waals surface area contributed by atoms with Gasteiger partial charge < -0.3 is 110 Å². The molecule has 0 radical (unpaired) electrons. The molecule has 0 aliphatic carbocycles. The van der Waals surface area contributed by atoms with Gasteiger partial charge in [0.2, 0.25) is 47.3 Å². The zero-order chi connectivity index (χ0) is 106. The normalized spacial score (nSPS) is 12.6. The van der Waals surface area contributed by atoms with E-state index >= 15 is 0 Å². The summed E-state index contributed by atoms with van der Waals surface area (Å²) in [6.07, 6.45) is 10.5. The Morgan fingerprint density at radius 3 is 0.973 bits per heavy atom. The zero-order valence-electron chi connectivity index (χ0n) is 84.1. The summed E-state index contributed by atoms with van der Waals surface area (Å²) >= 11 is 0. The van der Waals surface area contributed by atoms with E-state index in [0.29, 0.717) is 121 Å². The highest BCUT2D eigenvalue weighted by Gasteiger charge is 2.33. The van der Waals surface area contributed by atoms with Crippen molar-refractivity contribution >= 4 is 114 Å². The van der Waals surface area contributed by atoms with Crippen LogP contribution in [0.3, 0.4) is 0 Å². The topological polar surface area (TPSA) is 630 Å². The van der Waals surface area contributed by atoms with E-state index in [0.717, 1.165) is 71.0 Å². The number of nitrogens with one attached hydrogen (secondary N) is 4. The van der Waals surface area contributed by atoms with Crippen LogP contribution in [-0.4, -0.2) is 263 Å². The Bertz CT molecular complexity index is 5760. The summed E-state index contributed by atoms with van der Waals surface area (Å²) in [5, 5.41) is 18.0. The number of benzene rings is 8. The number of para-hydroxylation sites is 1. The van der Waals surface area contributed by atoms with Gasteiger partial charge in [-0.15, -0.1) is 0 Å². The number of aromatic nitrogens is 4. The summed E-state index contributed by atoms with van der Waals surface area (Å²) in [5.74, 6) is -4.01. The fourth-order valence-electron chi connectivity index (χ4n) is 16.7. The van der Waals surface area contributed by atoms with Crippen LogP contribution in [0.4, 0.5) is 0 Å². The highest BCUT2D eigenvalue weighted by atomic mass is 16.2. The van der Waals surface area contributed by atoms with Crippen LogP contribution in [0.1, 0.15) is 96.3 Å². The lowest BCUT2D eigenvalue weighted by Gasteiger charge is -2.24. The molecule has 0 aliphatic heterocycles. The molecule has 8 aromatic carbocycles. The first kappa shape index (κ1) is 117. The van der Waals surface area contributed by atoms with E-state index in [2.05, 4.69) is 41.2 Å². The van der Waals surface area contributed by atoms with Crippen molar-refractivity contribution in [1.29, 1.82) is 0 Å². The minimum Gasteiger partial charge on any atom is -0.345 e. The molecule has 8 amide bonds. The molecule has 8 atom stereocenters. The standard InChI is InChI=1S/4C28H36N6O3/c29-14-16-34(17-15-30)27(36)19-23(31)28(37)33-25(13-10-20-6-2-1-3-7-20)26(35)18-22-12-11-21-8-4-5-9-24(21)32-22;29-13-16-34(17-14-30)27(36)18-23(31)28(37)33-24(11-10-20-6-2-1-3-7-20)26(35)19-25-22-9-5-4-8-21(22)12-15-32-25;29-12-14-34(15-13-30)27(36)18-24(31)28(37)33-25(11-10-20-6-2-1-3-7-20)26(35)17-23-16-21-8-4-5-9-22(21)19-32-23;29-11-14-34(15-12-30)27(36)18-24(31)28(37)33-25(9-7-20-4-2-1-3-5-20)26(35)17-21-6-8-23-19-32-13-10-22(23)16-21/h1-9,11-12,23,25H,10,13-19,29-31H2,(H,33,37);1-9,12,15,23-24H,10-11,13-14,16-19,29-31H2,(H,33,37);1-9,16,19,24-25H,10-15,17-18,29-31H2,(H,33,37);1-6,8,10,13,16,19,24-25H,7,9,11-12,14-15,17-18,29-31H2,(H,33,37)/t23-,25-;23-,24-;2*24-,25-/m0000/s1. The fraction of sp³-hybridized carbons (Fsp3) is 0.357. The van der Waals surface area contributed by atoms with Crippen LogP contribution in [0.25, 0.3) is 43.2 Å². The molecule has 4 aromatic heterocycles. The number of nitrogens with two attached hydrogens (primary N) is 12. The van der Waals surface area contributed by atoms with Crippen molar-refractivity contribution in [3.63, 3.8) is 0 Å². The monoisotopic (exact) mass is 2020 g/mol. The van der Waals surface area contributed by atoms with Gasteiger partial charge in [0.05, 0.1) is 104 Å². The Morgan fingerprint density at radius 1 is 0.270 bits per heavy atom. The molecule has 4 heterocycles. The van der Waals surface area contributed by atoms with E-state index in [-0.39, 0.29) is 150 Å². The quantitative estimate of drug-likeness (QED) is 0.0258. The molecule has 28 N–H and O–H groups in total. The van der Waals surface area contributed by atoms with Gasteiger partial charge in [-0.2, -0.15) is 0 Å². The molecule has 0 fully saturated rings. The Balaban J connectivity index is 0.000000219. The molecule has 12 aromatic rings. The van der Waals surface area contributed by atoms with Gasteiger partial charge in [0.1, 0.15) is 0 Å². The molecule has 0 saturated heterocycles. The molecular formula is C112H144N24O12. The van der Waals surface area contributed by atoms with Crippen LogP contribution in [0.5, 0.6) is 0 Å². The minimum atomic E-state index is -1.10. The van der Waals surface area contributed by atoms with Gasteiger partial charge in [0.25, 0.3) is 0 Å². The summed E-state index contributed by atoms with van der Waals surface area (Å²) in [7, 11) is 0. The van der Waals surface area contributed by atoms with Crippen molar-refractivity contribution in [3.05, 3.63) is 312 Å². The lowest BCUT2D eigenvalue weighted by Crippen LogP contribution is -2.51. The van der Waals surface area contributed by atoms with Crippen LogP contribution in [0.2, 0.25) is 0 Å². The summed E-state index contributed by atoms with van der Waals surface area (Å²) in [4.78, 5) is 179. The molecule has 0 saturated carbocycles. The van der Waals surface area contributed by atoms with Gasteiger partial charge in [-0.25, -0.2) is 0 Å². The van der Waals surface area contributed by atoms with Crippen molar-refractivity contribution < 1.29 is 57.5 Å². The average molecular weight is 2020 g/mol. The maximum Gasteiger partial charge on any atom is 0.238 e. The van der Waals surface area contributed by atoms with E-state index in [4.69, 9.17) is 68.8 Å². The average Bonchev–Trinajstić information content (AvgIpc) is 0.816. The SMILES string of the molecule is NCCN(CCN)C(=O)C[C@H](N)C(=O)N[C@@H](CCc1ccccc1)C(=O)Cc1cc2ccccc2cn1.NCCN(CCN)C(=O)C[C@H](N)C(=O)N[C@@H](CCc1ccccc1)C(=O)Cc1ccc2ccccc2n1.NCCN(CCN)C(=O)C[C@H](N)C(=O)N[C@@H](CCc1ccccc1)C(=O)Cc1ccc2cnccc2c1.NCCN(CCN)C(=O)C[C@H](N)C(=O)N[C@@H](CCc1ccccc1)C(=O)Cc1nccc2ccccc12. The van der Waals surface area contributed by atoms with Gasteiger partial charge in [-0.1, -0.05) is 212 Å². The third kappa shape index (κ3) is 39.3. The molecule has 36 nitrogen and oxygen atoms in total. The number of carbonyl (C=O) groups is 12. The van der Waals surface area contributed by atoms with Gasteiger partial charge in [0.15, 0.2) is 23.1 Å². The first-order valence-corrected chi connectivity index (χ1v) is 50.2. The third-order valence-corrected chi connectivity index (χ3v) is 24.8. The predicted octanol–water partition coefficient (Wildman–Crippen LogP) is 3.71. The fourth-order valence-corrected chi connectivity index (χ4v) is 16.7. The predicted molar refractivity (Wildman–Crippen MR) is 578 cm³/mol. The highest BCUT2D eigenvalue weighted by Crippen LogP contribution is 2.23. The van der Waals surface area contributed by atoms with E-state index in [1.807, 2.05) is 243 Å². The lowest BCUT2D eigenvalue weighted by atomic mass is 9.96. The van der Waals surface area contributed by atoms with E-state index in [1.54, 1.807) is 24.8 Å². The molecule has 0 unspecified atom stereocenters. The first-order valence-electron chi connectivity index (χ1n) is 50.2. The smallest absolute Gasteiger partial charge is 0.238 e. The Labute approximate surface area is 864 Å². The Morgan fingerprint density at radius 2 is 0.581 bits per heavy atom. The van der Waals surface area contributed by atoms with Gasteiger partial charge in [-0.3, -0.25) is 77.5 Å². The largest absolute Gasteiger partial charge is 0.345 e. The second-order valence-corrected chi connectivity index (χ2v) is 36.0. The maximum atomic E-state index is 13.4. The second-order valence-electron chi connectivity index (χ2n) is 36.0. The highest BCUT2D eigenvalue weighted by molar-refractivity contribution is 5.99. The van der Waals surface area contributed by atoms with Crippen LogP contribution < -0.4 is 90.1 Å². The molecule has 148 heavy (non-hydrogen) atoms. The van der Waals surface area contributed by atoms with Crippen molar-refractivity contribution in [2.45, 2.75) is 151 Å². The van der Waals surface area contributed by atoms with Gasteiger partial charge in [-0.05, 0) is 126 Å². The van der Waals surface area contributed by atoms with Crippen molar-refractivity contribution in [2.24, 2.45) is 68.8 Å².